The minimum Gasteiger partial charge on any atom is -0.296 e. The monoisotopic (exact) mass is 324 g/mol. The van der Waals surface area contributed by atoms with Crippen molar-refractivity contribution < 1.29 is 4.84 Å². The third-order valence-electron chi connectivity index (χ3n) is 4.77. The number of hydrogen-bond acceptors (Lipinski definition) is 3. The summed E-state index contributed by atoms with van der Waals surface area (Å²) < 4.78 is 0. The molecule has 0 fully saturated rings. The summed E-state index contributed by atoms with van der Waals surface area (Å²) in [6, 6.07) is 1.14. The summed E-state index contributed by atoms with van der Waals surface area (Å²) in [6.45, 7) is 10.7. The van der Waals surface area contributed by atoms with Crippen molar-refractivity contribution in [1.82, 2.24) is 10.4 Å². The molecule has 0 atom stereocenters. The molecule has 0 unspecified atom stereocenters. The Kier molecular flexibility index (Phi) is 11.4. The molecule has 0 amide bonds. The van der Waals surface area contributed by atoms with Gasteiger partial charge in [0.05, 0.1) is 6.61 Å². The van der Waals surface area contributed by atoms with Gasteiger partial charge in [-0.1, -0.05) is 44.6 Å². The fraction of sp³-hybridized carbons (Fsp3) is 0.900. The number of hydroxylamine groups is 1. The molecule has 0 aromatic carbocycles. The molecule has 0 saturated carbocycles. The van der Waals surface area contributed by atoms with E-state index in [2.05, 4.69) is 44.2 Å². The van der Waals surface area contributed by atoms with Gasteiger partial charge in [0.25, 0.3) is 0 Å². The smallest absolute Gasteiger partial charge is 0.0873 e. The summed E-state index contributed by atoms with van der Waals surface area (Å²) in [6.07, 6.45) is 15.7. The molecule has 0 spiro atoms. The first-order valence-electron chi connectivity index (χ1n) is 9.94. The molecule has 1 rings (SSSR count). The van der Waals surface area contributed by atoms with Gasteiger partial charge in [0, 0.05) is 24.3 Å². The quantitative estimate of drug-likeness (QED) is 0.499. The van der Waals surface area contributed by atoms with Crippen LogP contribution >= 0.6 is 0 Å². The van der Waals surface area contributed by atoms with E-state index in [0.717, 1.165) is 19.6 Å². The average molecular weight is 325 g/mol. The molecule has 23 heavy (non-hydrogen) atoms. The minimum absolute atomic E-state index is 0.569. The van der Waals surface area contributed by atoms with Crippen LogP contribution < -0.4 is 5.48 Å². The third-order valence-corrected chi connectivity index (χ3v) is 4.77. The van der Waals surface area contributed by atoms with E-state index < -0.39 is 0 Å². The molecule has 3 heteroatoms. The number of nitrogens with one attached hydrogen (secondary N) is 1. The molecule has 0 saturated heterocycles. The maximum absolute atomic E-state index is 5.77. The molecule has 0 aromatic rings. The Morgan fingerprint density at radius 1 is 0.913 bits per heavy atom. The molecule has 0 heterocycles. The number of nitrogens with zero attached hydrogens (tertiary/aromatic N) is 1. The summed E-state index contributed by atoms with van der Waals surface area (Å²) in [5.41, 5.74) is 4.54. The Hall–Kier alpha value is -0.540. The van der Waals surface area contributed by atoms with Gasteiger partial charge in [-0.15, -0.1) is 0 Å². The highest BCUT2D eigenvalue weighted by Crippen LogP contribution is 2.15. The van der Waals surface area contributed by atoms with E-state index in [1.165, 1.54) is 63.5 Å². The molecule has 0 aliphatic heterocycles. The van der Waals surface area contributed by atoms with Crippen LogP contribution in [0.1, 0.15) is 91.9 Å². The van der Waals surface area contributed by atoms with Crippen LogP contribution in [0.15, 0.2) is 11.8 Å². The van der Waals surface area contributed by atoms with E-state index in [9.17, 15) is 0 Å². The van der Waals surface area contributed by atoms with Gasteiger partial charge in [-0.3, -0.25) is 15.2 Å². The van der Waals surface area contributed by atoms with Gasteiger partial charge in [0.1, 0.15) is 0 Å². The molecule has 0 bridgehead atoms. The van der Waals surface area contributed by atoms with Gasteiger partial charge in [0.15, 0.2) is 0 Å². The van der Waals surface area contributed by atoms with Crippen molar-refractivity contribution >= 4 is 0 Å². The van der Waals surface area contributed by atoms with Crippen molar-refractivity contribution in [3.05, 3.63) is 11.8 Å². The van der Waals surface area contributed by atoms with Crippen LogP contribution in [0, 0.1) is 0 Å². The highest BCUT2D eigenvalue weighted by Gasteiger charge is 2.12. The first kappa shape index (κ1) is 20.5. The van der Waals surface area contributed by atoms with Crippen LogP contribution in [0.5, 0.6) is 0 Å². The SMILES string of the molecule is CC(C)N(CCONC1=CCCCCCCCCCC1)C(C)C. The Balaban J connectivity index is 2.30. The van der Waals surface area contributed by atoms with Crippen LogP contribution in [0.3, 0.4) is 0 Å². The molecular formula is C20H40N2O. The van der Waals surface area contributed by atoms with Crippen molar-refractivity contribution in [3.63, 3.8) is 0 Å². The van der Waals surface area contributed by atoms with E-state index in [-0.39, 0.29) is 0 Å². The Labute approximate surface area is 144 Å². The second-order valence-corrected chi connectivity index (χ2v) is 7.47. The fourth-order valence-corrected chi connectivity index (χ4v) is 3.40. The Bertz CT molecular complexity index is 305. The van der Waals surface area contributed by atoms with E-state index >= 15 is 0 Å². The lowest BCUT2D eigenvalue weighted by atomic mass is 10.0. The van der Waals surface area contributed by atoms with Crippen LogP contribution in [-0.2, 0) is 4.84 Å². The highest BCUT2D eigenvalue weighted by molar-refractivity contribution is 4.97. The number of hydrogen-bond donors (Lipinski definition) is 1. The summed E-state index contributed by atoms with van der Waals surface area (Å²) in [7, 11) is 0. The van der Waals surface area contributed by atoms with Gasteiger partial charge in [-0.2, -0.15) is 0 Å². The maximum atomic E-state index is 5.77. The molecule has 0 aromatic heterocycles. The number of rotatable bonds is 7. The molecule has 136 valence electrons. The van der Waals surface area contributed by atoms with Crippen molar-refractivity contribution in [2.24, 2.45) is 0 Å². The van der Waals surface area contributed by atoms with Crippen molar-refractivity contribution in [2.45, 2.75) is 104 Å². The van der Waals surface area contributed by atoms with E-state index in [1.54, 1.807) is 0 Å². The summed E-state index contributed by atoms with van der Waals surface area (Å²) in [5.74, 6) is 0. The molecule has 0 radical (unpaired) electrons. The van der Waals surface area contributed by atoms with Crippen molar-refractivity contribution in [2.75, 3.05) is 13.2 Å². The fourth-order valence-electron chi connectivity index (χ4n) is 3.40. The third kappa shape index (κ3) is 10.0. The molecule has 1 aliphatic carbocycles. The lowest BCUT2D eigenvalue weighted by Crippen LogP contribution is -2.40. The van der Waals surface area contributed by atoms with E-state index in [1.807, 2.05) is 0 Å². The lowest BCUT2D eigenvalue weighted by Gasteiger charge is -2.30. The van der Waals surface area contributed by atoms with Crippen LogP contribution in [-0.4, -0.2) is 30.1 Å². The van der Waals surface area contributed by atoms with E-state index in [4.69, 9.17) is 4.84 Å². The second kappa shape index (κ2) is 12.8. The van der Waals surface area contributed by atoms with Crippen LogP contribution in [0.2, 0.25) is 0 Å². The summed E-state index contributed by atoms with van der Waals surface area (Å²) in [5, 5.41) is 0. The molecular weight excluding hydrogens is 284 g/mol. The van der Waals surface area contributed by atoms with Gasteiger partial charge < -0.3 is 0 Å². The summed E-state index contributed by atoms with van der Waals surface area (Å²) in [4.78, 5) is 8.24. The average Bonchev–Trinajstić information content (AvgIpc) is 2.48. The molecule has 1 aliphatic rings. The van der Waals surface area contributed by atoms with E-state index in [0.29, 0.717) is 12.1 Å². The maximum Gasteiger partial charge on any atom is 0.0873 e. The van der Waals surface area contributed by atoms with Crippen LogP contribution in [0.4, 0.5) is 0 Å². The van der Waals surface area contributed by atoms with Crippen molar-refractivity contribution in [1.29, 1.82) is 0 Å². The van der Waals surface area contributed by atoms with Gasteiger partial charge in [0.2, 0.25) is 0 Å². The number of allylic oxidation sites excluding steroid dienone is 2. The molecule has 3 nitrogen and oxygen atoms in total. The zero-order valence-corrected chi connectivity index (χ0v) is 16.1. The predicted molar refractivity (Wildman–Crippen MR) is 100 cm³/mol. The summed E-state index contributed by atoms with van der Waals surface area (Å²) >= 11 is 0. The Morgan fingerprint density at radius 3 is 2.09 bits per heavy atom. The highest BCUT2D eigenvalue weighted by atomic mass is 16.6. The predicted octanol–water partition coefficient (Wildman–Crippen LogP) is 5.42. The Morgan fingerprint density at radius 2 is 1.48 bits per heavy atom. The first-order valence-corrected chi connectivity index (χ1v) is 9.94. The van der Waals surface area contributed by atoms with Crippen LogP contribution in [0.25, 0.3) is 0 Å². The van der Waals surface area contributed by atoms with Gasteiger partial charge in [-0.25, -0.2) is 0 Å². The normalized spacial score (nSPS) is 18.7. The topological polar surface area (TPSA) is 24.5 Å². The minimum atomic E-state index is 0.569. The van der Waals surface area contributed by atoms with Crippen molar-refractivity contribution in [3.8, 4) is 0 Å². The first-order chi connectivity index (χ1) is 11.1. The lowest BCUT2D eigenvalue weighted by molar-refractivity contribution is 0.0292. The molecule has 1 N–H and O–H groups in total. The second-order valence-electron chi connectivity index (χ2n) is 7.47. The zero-order chi connectivity index (χ0) is 16.9. The standard InChI is InChI=1S/C20H40N2O/c1-18(2)22(19(3)4)16-17-23-21-20-14-12-10-8-6-5-7-9-11-13-15-20/h14,18-19,21H,5-13,15-17H2,1-4H3. The van der Waals surface area contributed by atoms with Gasteiger partial charge in [-0.05, 0) is 53.4 Å². The van der Waals surface area contributed by atoms with Gasteiger partial charge >= 0.3 is 0 Å². The zero-order valence-electron chi connectivity index (χ0n) is 16.1. The largest absolute Gasteiger partial charge is 0.296 e.